The van der Waals surface area contributed by atoms with Crippen molar-refractivity contribution in [2.24, 2.45) is 0 Å². The third-order valence-corrected chi connectivity index (χ3v) is 4.70. The molecule has 2 heterocycles. The van der Waals surface area contributed by atoms with E-state index >= 15 is 0 Å². The number of aromatic amines is 1. The number of methoxy groups -OCH3 is 1. The molecule has 0 unspecified atom stereocenters. The third-order valence-electron chi connectivity index (χ3n) is 4.70. The smallest absolute Gasteiger partial charge is 0.339 e. The molecule has 28 heavy (non-hydrogen) atoms. The summed E-state index contributed by atoms with van der Waals surface area (Å²) < 4.78 is 6.83. The van der Waals surface area contributed by atoms with E-state index in [9.17, 15) is 9.59 Å². The first-order valence-corrected chi connectivity index (χ1v) is 9.15. The van der Waals surface area contributed by atoms with Crippen LogP contribution >= 0.6 is 0 Å². The summed E-state index contributed by atoms with van der Waals surface area (Å²) in [6.45, 7) is 4.83. The van der Waals surface area contributed by atoms with Crippen LogP contribution in [0.1, 0.15) is 50.2 Å². The number of H-pyrrole nitrogens is 1. The van der Waals surface area contributed by atoms with Gasteiger partial charge in [0.2, 0.25) is 0 Å². The second-order valence-corrected chi connectivity index (χ2v) is 6.56. The highest BCUT2D eigenvalue weighted by Crippen LogP contribution is 2.20. The molecule has 3 aromatic rings. The summed E-state index contributed by atoms with van der Waals surface area (Å²) in [5.74, 6) is -0.678. The van der Waals surface area contributed by atoms with Gasteiger partial charge in [-0.2, -0.15) is 0 Å². The number of rotatable bonds is 7. The van der Waals surface area contributed by atoms with E-state index in [1.54, 1.807) is 19.4 Å². The van der Waals surface area contributed by atoms with Crippen LogP contribution in [0, 0.1) is 6.92 Å². The Kier molecular flexibility index (Phi) is 5.93. The number of carbonyl (C=O) groups is 2. The van der Waals surface area contributed by atoms with Crippen LogP contribution in [0.25, 0.3) is 0 Å². The number of aryl methyl sites for hydroxylation is 1. The standard InChI is InChI=1S/C21H24N4O3/c1-4-17-18(21(27)28-3)14(2)19(24-17)20(26)23-11-15-5-7-16(8-6-15)12-25-10-9-22-13-25/h5-10,13,24H,4,11-12H2,1-3H3,(H,23,26). The molecule has 7 heteroatoms. The van der Waals surface area contributed by atoms with Gasteiger partial charge < -0.3 is 19.6 Å². The zero-order chi connectivity index (χ0) is 20.1. The molecule has 0 fully saturated rings. The van der Waals surface area contributed by atoms with Crippen molar-refractivity contribution >= 4 is 11.9 Å². The van der Waals surface area contributed by atoms with Crippen molar-refractivity contribution in [2.45, 2.75) is 33.4 Å². The fraction of sp³-hybridized carbons (Fsp3) is 0.286. The molecule has 2 N–H and O–H groups in total. The lowest BCUT2D eigenvalue weighted by Gasteiger charge is -2.07. The number of nitrogens with one attached hydrogen (secondary N) is 2. The summed E-state index contributed by atoms with van der Waals surface area (Å²) in [7, 11) is 1.34. The Morgan fingerprint density at radius 1 is 1.21 bits per heavy atom. The van der Waals surface area contributed by atoms with Crippen molar-refractivity contribution in [1.82, 2.24) is 19.9 Å². The third kappa shape index (κ3) is 4.14. The first-order chi connectivity index (χ1) is 13.5. The molecule has 1 amide bonds. The van der Waals surface area contributed by atoms with Crippen LogP contribution in [0.5, 0.6) is 0 Å². The van der Waals surface area contributed by atoms with Gasteiger partial charge in [-0.15, -0.1) is 0 Å². The number of carbonyl (C=O) groups excluding carboxylic acids is 2. The minimum absolute atomic E-state index is 0.246. The van der Waals surface area contributed by atoms with Crippen LogP contribution in [-0.2, 0) is 24.2 Å². The van der Waals surface area contributed by atoms with E-state index < -0.39 is 5.97 Å². The highest BCUT2D eigenvalue weighted by molar-refractivity contribution is 6.00. The average molecular weight is 380 g/mol. The largest absolute Gasteiger partial charge is 0.465 e. The van der Waals surface area contributed by atoms with E-state index in [2.05, 4.69) is 15.3 Å². The molecule has 3 rings (SSSR count). The Morgan fingerprint density at radius 3 is 2.54 bits per heavy atom. The summed E-state index contributed by atoms with van der Waals surface area (Å²) in [4.78, 5) is 31.7. The second kappa shape index (κ2) is 8.56. The SMILES string of the molecule is CCc1[nH]c(C(=O)NCc2ccc(Cn3ccnc3)cc2)c(C)c1C(=O)OC. The van der Waals surface area contributed by atoms with Gasteiger partial charge >= 0.3 is 5.97 Å². The number of ether oxygens (including phenoxy) is 1. The maximum atomic E-state index is 12.6. The highest BCUT2D eigenvalue weighted by Gasteiger charge is 2.23. The van der Waals surface area contributed by atoms with Gasteiger partial charge in [-0.1, -0.05) is 31.2 Å². The molecule has 146 valence electrons. The maximum absolute atomic E-state index is 12.6. The molecule has 0 radical (unpaired) electrons. The Bertz CT molecular complexity index is 956. The summed E-state index contributed by atoms with van der Waals surface area (Å²) >= 11 is 0. The Hall–Kier alpha value is -3.35. The molecule has 0 spiro atoms. The number of hydrogen-bond acceptors (Lipinski definition) is 4. The minimum atomic E-state index is -0.432. The van der Waals surface area contributed by atoms with Crippen LogP contribution < -0.4 is 5.32 Å². The van der Waals surface area contributed by atoms with Crippen LogP contribution in [0.3, 0.4) is 0 Å². The predicted molar refractivity (Wildman–Crippen MR) is 105 cm³/mol. The van der Waals surface area contributed by atoms with Crippen molar-refractivity contribution < 1.29 is 14.3 Å². The molecule has 0 atom stereocenters. The topological polar surface area (TPSA) is 89.0 Å². The lowest BCUT2D eigenvalue weighted by atomic mass is 10.1. The number of amides is 1. The molecular weight excluding hydrogens is 356 g/mol. The molecule has 0 saturated carbocycles. The van der Waals surface area contributed by atoms with Crippen molar-refractivity contribution in [3.63, 3.8) is 0 Å². The van der Waals surface area contributed by atoms with E-state index in [1.165, 1.54) is 7.11 Å². The zero-order valence-corrected chi connectivity index (χ0v) is 16.3. The molecule has 0 aliphatic heterocycles. The first kappa shape index (κ1) is 19.4. The fourth-order valence-corrected chi connectivity index (χ4v) is 3.15. The van der Waals surface area contributed by atoms with Crippen molar-refractivity contribution in [3.8, 4) is 0 Å². The van der Waals surface area contributed by atoms with Crippen LogP contribution in [0.4, 0.5) is 0 Å². The van der Waals surface area contributed by atoms with Crippen molar-refractivity contribution in [2.75, 3.05) is 7.11 Å². The molecule has 2 aromatic heterocycles. The van der Waals surface area contributed by atoms with E-state index in [-0.39, 0.29) is 5.91 Å². The lowest BCUT2D eigenvalue weighted by Crippen LogP contribution is -2.24. The summed E-state index contributed by atoms with van der Waals surface area (Å²) in [6.07, 6.45) is 6.05. The quantitative estimate of drug-likeness (QED) is 0.617. The molecule has 0 bridgehead atoms. The normalized spacial score (nSPS) is 10.7. The van der Waals surface area contributed by atoms with E-state index in [0.717, 1.165) is 17.7 Å². The fourth-order valence-electron chi connectivity index (χ4n) is 3.15. The van der Waals surface area contributed by atoms with E-state index in [4.69, 9.17) is 4.74 Å². The first-order valence-electron chi connectivity index (χ1n) is 9.15. The summed E-state index contributed by atoms with van der Waals surface area (Å²) in [5.41, 5.74) is 4.31. The number of hydrogen-bond donors (Lipinski definition) is 2. The van der Waals surface area contributed by atoms with Gasteiger partial charge in [0.25, 0.3) is 5.91 Å². The summed E-state index contributed by atoms with van der Waals surface area (Å²) in [5, 5.41) is 2.91. The molecule has 0 aliphatic rings. The van der Waals surface area contributed by atoms with Gasteiger partial charge in [0, 0.05) is 31.2 Å². The maximum Gasteiger partial charge on any atom is 0.339 e. The number of aromatic nitrogens is 3. The number of nitrogens with zero attached hydrogens (tertiary/aromatic N) is 2. The molecule has 7 nitrogen and oxygen atoms in total. The van der Waals surface area contributed by atoms with Gasteiger partial charge in [-0.25, -0.2) is 9.78 Å². The zero-order valence-electron chi connectivity index (χ0n) is 16.3. The second-order valence-electron chi connectivity index (χ2n) is 6.56. The predicted octanol–water partition coefficient (Wildman–Crippen LogP) is 2.85. The van der Waals surface area contributed by atoms with Gasteiger partial charge in [-0.05, 0) is 30.0 Å². The van der Waals surface area contributed by atoms with Crippen LogP contribution in [-0.4, -0.2) is 33.5 Å². The van der Waals surface area contributed by atoms with Crippen LogP contribution in [0.2, 0.25) is 0 Å². The Balaban J connectivity index is 1.65. The Morgan fingerprint density at radius 2 is 1.93 bits per heavy atom. The molecule has 0 saturated heterocycles. The lowest BCUT2D eigenvalue weighted by molar-refractivity contribution is 0.0599. The van der Waals surface area contributed by atoms with E-state index in [1.807, 2.05) is 42.0 Å². The monoisotopic (exact) mass is 380 g/mol. The van der Waals surface area contributed by atoms with Gasteiger partial charge in [0.1, 0.15) is 5.69 Å². The average Bonchev–Trinajstić information content (AvgIpc) is 3.34. The van der Waals surface area contributed by atoms with Gasteiger partial charge in [0.15, 0.2) is 0 Å². The number of imidazole rings is 1. The van der Waals surface area contributed by atoms with Gasteiger partial charge in [0.05, 0.1) is 19.0 Å². The minimum Gasteiger partial charge on any atom is -0.465 e. The number of esters is 1. The van der Waals surface area contributed by atoms with Gasteiger partial charge in [-0.3, -0.25) is 4.79 Å². The number of benzene rings is 1. The van der Waals surface area contributed by atoms with Crippen LogP contribution in [0.15, 0.2) is 43.0 Å². The Labute approximate surface area is 163 Å². The van der Waals surface area contributed by atoms with E-state index in [0.29, 0.717) is 35.5 Å². The highest BCUT2D eigenvalue weighted by atomic mass is 16.5. The van der Waals surface area contributed by atoms with Crippen molar-refractivity contribution in [1.29, 1.82) is 0 Å². The molecular formula is C21H24N4O3. The molecule has 1 aromatic carbocycles. The van der Waals surface area contributed by atoms with Crippen molar-refractivity contribution in [3.05, 3.63) is 76.6 Å². The summed E-state index contributed by atoms with van der Waals surface area (Å²) in [6, 6.07) is 8.05. The molecule has 0 aliphatic carbocycles.